The molecule has 0 unspecified atom stereocenters. The van der Waals surface area contributed by atoms with Crippen molar-refractivity contribution in [2.75, 3.05) is 0 Å². The number of carbonyl (C=O) groups is 2. The Bertz CT molecular complexity index is 1010. The van der Waals surface area contributed by atoms with Crippen LogP contribution in [0.4, 0.5) is 0 Å². The molecule has 0 spiro atoms. The summed E-state index contributed by atoms with van der Waals surface area (Å²) < 4.78 is 6.97. The number of hydrogen-bond donors (Lipinski definition) is 1. The minimum atomic E-state index is -1.05. The van der Waals surface area contributed by atoms with E-state index in [4.69, 9.17) is 4.74 Å². The lowest BCUT2D eigenvalue weighted by atomic mass is 10.1. The maximum absolute atomic E-state index is 12.6. The van der Waals surface area contributed by atoms with Crippen molar-refractivity contribution >= 4 is 17.7 Å². The second-order valence-corrected chi connectivity index (χ2v) is 6.67. The molecule has 0 aliphatic heterocycles. The van der Waals surface area contributed by atoms with Crippen LogP contribution in [0, 0.1) is 13.8 Å². The number of rotatable bonds is 5. The molecule has 1 saturated carbocycles. The average Bonchev–Trinajstić information content (AvgIpc) is 3.35. The van der Waals surface area contributed by atoms with Crippen molar-refractivity contribution < 1.29 is 14.3 Å². The van der Waals surface area contributed by atoms with Crippen LogP contribution in [0.5, 0.6) is 0 Å². The fourth-order valence-corrected chi connectivity index (χ4v) is 2.82. The first kappa shape index (κ1) is 17.1. The van der Waals surface area contributed by atoms with Gasteiger partial charge in [-0.3, -0.25) is 4.79 Å². The molecule has 27 heavy (non-hydrogen) atoms. The number of fused-ring (bicyclic) bond motifs is 1. The van der Waals surface area contributed by atoms with E-state index in [0.29, 0.717) is 11.3 Å². The molecule has 1 aliphatic rings. The van der Waals surface area contributed by atoms with Crippen LogP contribution in [-0.4, -0.2) is 37.5 Å². The zero-order valence-electron chi connectivity index (χ0n) is 15.0. The minimum Gasteiger partial charge on any atom is -0.441 e. The fraction of sp³-hybridized carbons (Fsp3) is 0.316. The molecule has 2 aromatic heterocycles. The van der Waals surface area contributed by atoms with E-state index in [0.717, 1.165) is 24.2 Å². The van der Waals surface area contributed by atoms with Crippen molar-refractivity contribution in [3.05, 3.63) is 59.2 Å². The quantitative estimate of drug-likeness (QED) is 0.694. The predicted molar refractivity (Wildman–Crippen MR) is 96.0 cm³/mol. The van der Waals surface area contributed by atoms with Crippen LogP contribution in [0.2, 0.25) is 0 Å². The maximum atomic E-state index is 12.6. The number of esters is 1. The number of nitrogens with one attached hydrogen (secondary N) is 1. The summed E-state index contributed by atoms with van der Waals surface area (Å²) in [7, 11) is 0. The van der Waals surface area contributed by atoms with E-state index in [9.17, 15) is 9.59 Å². The molecule has 8 nitrogen and oxygen atoms in total. The Hall–Kier alpha value is -3.29. The van der Waals surface area contributed by atoms with Crippen molar-refractivity contribution in [3.63, 3.8) is 0 Å². The Morgan fingerprint density at radius 1 is 1.19 bits per heavy atom. The SMILES string of the molecule is Cc1cc(C)n2nc(C(=O)O[C@@H](C(=O)NC3CC3)c3ccccc3)nc2n1. The molecule has 1 fully saturated rings. The number of ether oxygens (including phenoxy) is 1. The fourth-order valence-electron chi connectivity index (χ4n) is 2.82. The summed E-state index contributed by atoms with van der Waals surface area (Å²) in [6.45, 7) is 3.69. The summed E-state index contributed by atoms with van der Waals surface area (Å²) in [5.41, 5.74) is 2.17. The standard InChI is InChI=1S/C19H19N5O3/c1-11-10-12(2)24-19(20-11)22-16(23-24)18(26)27-15(13-6-4-3-5-7-13)17(25)21-14-8-9-14/h3-7,10,14-15H,8-9H2,1-2H3,(H,21,25)/t15-/m1/s1. The van der Waals surface area contributed by atoms with Crippen molar-refractivity contribution in [3.8, 4) is 0 Å². The first-order valence-corrected chi connectivity index (χ1v) is 8.78. The van der Waals surface area contributed by atoms with Crippen LogP contribution in [0.3, 0.4) is 0 Å². The molecule has 4 rings (SSSR count). The van der Waals surface area contributed by atoms with Gasteiger partial charge in [0.25, 0.3) is 17.5 Å². The molecule has 1 atom stereocenters. The van der Waals surface area contributed by atoms with E-state index in [1.165, 1.54) is 4.52 Å². The zero-order valence-corrected chi connectivity index (χ0v) is 15.0. The first-order chi connectivity index (χ1) is 13.0. The highest BCUT2D eigenvalue weighted by molar-refractivity contribution is 5.90. The second kappa shape index (κ2) is 6.79. The molecule has 3 aromatic rings. The highest BCUT2D eigenvalue weighted by Gasteiger charge is 2.32. The third-order valence-corrected chi connectivity index (χ3v) is 4.29. The number of amides is 1. The summed E-state index contributed by atoms with van der Waals surface area (Å²) in [4.78, 5) is 33.6. The Balaban J connectivity index is 1.61. The topological polar surface area (TPSA) is 98.5 Å². The van der Waals surface area contributed by atoms with Gasteiger partial charge in [-0.1, -0.05) is 30.3 Å². The molecule has 1 amide bonds. The number of aromatic nitrogens is 4. The van der Waals surface area contributed by atoms with Crippen LogP contribution in [0.1, 0.15) is 46.5 Å². The second-order valence-electron chi connectivity index (χ2n) is 6.67. The molecule has 1 aliphatic carbocycles. The highest BCUT2D eigenvalue weighted by atomic mass is 16.5. The number of hydrogen-bond acceptors (Lipinski definition) is 6. The predicted octanol–water partition coefficient (Wildman–Crippen LogP) is 1.92. The number of benzene rings is 1. The van der Waals surface area contributed by atoms with Crippen molar-refractivity contribution in [1.29, 1.82) is 0 Å². The Kier molecular flexibility index (Phi) is 4.31. The Morgan fingerprint density at radius 3 is 2.63 bits per heavy atom. The van der Waals surface area contributed by atoms with Crippen LogP contribution < -0.4 is 5.32 Å². The van der Waals surface area contributed by atoms with Crippen molar-refractivity contribution in [1.82, 2.24) is 24.9 Å². The highest BCUT2D eigenvalue weighted by Crippen LogP contribution is 2.24. The molecular formula is C19H19N5O3. The molecule has 138 valence electrons. The van der Waals surface area contributed by atoms with Crippen LogP contribution in [-0.2, 0) is 9.53 Å². The summed E-state index contributed by atoms with van der Waals surface area (Å²) in [6.07, 6.45) is 0.834. The Morgan fingerprint density at radius 2 is 1.93 bits per heavy atom. The first-order valence-electron chi connectivity index (χ1n) is 8.78. The van der Waals surface area contributed by atoms with Crippen LogP contribution in [0.25, 0.3) is 5.78 Å². The zero-order chi connectivity index (χ0) is 19.0. The van der Waals surface area contributed by atoms with E-state index in [-0.39, 0.29) is 17.8 Å². The largest absolute Gasteiger partial charge is 0.441 e. The molecule has 0 radical (unpaired) electrons. The van der Waals surface area contributed by atoms with Crippen molar-refractivity contribution in [2.24, 2.45) is 0 Å². The molecule has 2 heterocycles. The van der Waals surface area contributed by atoms with Gasteiger partial charge in [0.15, 0.2) is 0 Å². The number of nitrogens with zero attached hydrogens (tertiary/aromatic N) is 4. The van der Waals surface area contributed by atoms with E-state index < -0.39 is 12.1 Å². The van der Waals surface area contributed by atoms with Gasteiger partial charge in [0.2, 0.25) is 6.10 Å². The third-order valence-electron chi connectivity index (χ3n) is 4.29. The Labute approximate surface area is 155 Å². The summed E-state index contributed by atoms with van der Waals surface area (Å²) in [5.74, 6) is -0.919. The average molecular weight is 365 g/mol. The van der Waals surface area contributed by atoms with Crippen molar-refractivity contribution in [2.45, 2.75) is 38.8 Å². The van der Waals surface area contributed by atoms with E-state index in [1.807, 2.05) is 26.0 Å². The van der Waals surface area contributed by atoms with Gasteiger partial charge in [-0.2, -0.15) is 4.98 Å². The summed E-state index contributed by atoms with van der Waals surface area (Å²) >= 11 is 0. The van der Waals surface area contributed by atoms with Gasteiger partial charge in [-0.05, 0) is 32.8 Å². The molecule has 0 saturated heterocycles. The van der Waals surface area contributed by atoms with Gasteiger partial charge in [0, 0.05) is 23.0 Å². The smallest absolute Gasteiger partial charge is 0.379 e. The summed E-state index contributed by atoms with van der Waals surface area (Å²) in [6, 6.07) is 10.9. The van der Waals surface area contributed by atoms with Gasteiger partial charge >= 0.3 is 5.97 Å². The monoisotopic (exact) mass is 365 g/mol. The van der Waals surface area contributed by atoms with E-state index >= 15 is 0 Å². The van der Waals surface area contributed by atoms with Gasteiger partial charge in [-0.15, -0.1) is 5.10 Å². The van der Waals surface area contributed by atoms with E-state index in [1.54, 1.807) is 24.3 Å². The lowest BCUT2D eigenvalue weighted by Gasteiger charge is -2.17. The van der Waals surface area contributed by atoms with Crippen LogP contribution >= 0.6 is 0 Å². The molecule has 1 aromatic carbocycles. The van der Waals surface area contributed by atoms with Crippen LogP contribution in [0.15, 0.2) is 36.4 Å². The van der Waals surface area contributed by atoms with Gasteiger partial charge in [0.05, 0.1) is 0 Å². The third kappa shape index (κ3) is 3.64. The summed E-state index contributed by atoms with van der Waals surface area (Å²) in [5, 5.41) is 7.05. The number of carbonyl (C=O) groups excluding carboxylic acids is 2. The van der Waals surface area contributed by atoms with E-state index in [2.05, 4.69) is 20.4 Å². The molecule has 0 bridgehead atoms. The normalized spacial score (nSPS) is 14.7. The van der Waals surface area contributed by atoms with Gasteiger partial charge < -0.3 is 10.1 Å². The molecular weight excluding hydrogens is 346 g/mol. The lowest BCUT2D eigenvalue weighted by molar-refractivity contribution is -0.130. The van der Waals surface area contributed by atoms with Gasteiger partial charge in [-0.25, -0.2) is 14.3 Å². The lowest BCUT2D eigenvalue weighted by Crippen LogP contribution is -2.33. The molecule has 8 heteroatoms. The number of aryl methyl sites for hydroxylation is 2. The minimum absolute atomic E-state index is 0.128. The molecule has 1 N–H and O–H groups in total. The maximum Gasteiger partial charge on any atom is 0.379 e. The van der Waals surface area contributed by atoms with Gasteiger partial charge in [0.1, 0.15) is 0 Å².